The van der Waals surface area contributed by atoms with E-state index in [0.717, 1.165) is 76.8 Å². The van der Waals surface area contributed by atoms with Gasteiger partial charge in [-0.25, -0.2) is 0 Å². The summed E-state index contributed by atoms with van der Waals surface area (Å²) in [4.78, 5) is 7.26. The van der Waals surface area contributed by atoms with Crippen LogP contribution in [0.5, 0.6) is 5.75 Å². The zero-order valence-electron chi connectivity index (χ0n) is 13.8. The van der Waals surface area contributed by atoms with Crippen molar-refractivity contribution in [1.29, 1.82) is 0 Å². The number of anilines is 2. The minimum absolute atomic E-state index is 0.265. The van der Waals surface area contributed by atoms with Crippen LogP contribution in [0.15, 0.2) is 18.2 Å². The van der Waals surface area contributed by atoms with Gasteiger partial charge in [0.2, 0.25) is 0 Å². The molecule has 2 heterocycles. The van der Waals surface area contributed by atoms with Crippen molar-refractivity contribution in [2.75, 3.05) is 76.2 Å². The molecular weight excluding hydrogens is 292 g/mol. The van der Waals surface area contributed by atoms with Crippen molar-refractivity contribution >= 4 is 11.4 Å². The molecule has 1 saturated heterocycles. The molecule has 2 aliphatic heterocycles. The van der Waals surface area contributed by atoms with Crippen molar-refractivity contribution < 1.29 is 9.84 Å². The third-order valence-electron chi connectivity index (χ3n) is 4.73. The minimum Gasteiger partial charge on any atom is -0.489 e. The van der Waals surface area contributed by atoms with Gasteiger partial charge >= 0.3 is 0 Å². The molecule has 0 unspecified atom stereocenters. The molecule has 0 aromatic heterocycles. The van der Waals surface area contributed by atoms with Gasteiger partial charge in [0.15, 0.2) is 0 Å². The third-order valence-corrected chi connectivity index (χ3v) is 4.73. The Kier molecular flexibility index (Phi) is 5.59. The van der Waals surface area contributed by atoms with Crippen LogP contribution in [0.4, 0.5) is 11.4 Å². The Morgan fingerprint density at radius 1 is 1.00 bits per heavy atom. The monoisotopic (exact) mass is 320 g/mol. The number of hydrogen-bond donors (Lipinski definition) is 2. The quantitative estimate of drug-likeness (QED) is 0.743. The average Bonchev–Trinajstić information content (AvgIpc) is 2.56. The Balaban J connectivity index is 1.44. The second kappa shape index (κ2) is 7.86. The number of aliphatic hydroxyl groups excluding tert-OH is 1. The van der Waals surface area contributed by atoms with E-state index >= 15 is 0 Å². The number of rotatable bonds is 6. The molecule has 1 fully saturated rings. The van der Waals surface area contributed by atoms with Crippen LogP contribution >= 0.6 is 0 Å². The smallest absolute Gasteiger partial charge is 0.144 e. The number of hydrogen-bond acceptors (Lipinski definition) is 6. The molecule has 0 bridgehead atoms. The highest BCUT2D eigenvalue weighted by molar-refractivity contribution is 5.65. The lowest BCUT2D eigenvalue weighted by molar-refractivity contribution is 0.112. The molecule has 6 nitrogen and oxygen atoms in total. The number of ether oxygens (including phenoxy) is 1. The average molecular weight is 320 g/mol. The zero-order valence-corrected chi connectivity index (χ0v) is 13.8. The van der Waals surface area contributed by atoms with Crippen LogP contribution in [0.3, 0.4) is 0 Å². The Hall–Kier alpha value is -1.50. The molecule has 0 spiro atoms. The van der Waals surface area contributed by atoms with Crippen LogP contribution in [0, 0.1) is 0 Å². The summed E-state index contributed by atoms with van der Waals surface area (Å²) in [7, 11) is 0. The largest absolute Gasteiger partial charge is 0.489 e. The molecule has 2 aliphatic rings. The first kappa shape index (κ1) is 16.4. The summed E-state index contributed by atoms with van der Waals surface area (Å²) >= 11 is 0. The number of nitrogen functional groups attached to an aromatic ring is 1. The Morgan fingerprint density at radius 2 is 1.74 bits per heavy atom. The summed E-state index contributed by atoms with van der Waals surface area (Å²) in [5.74, 6) is 0.911. The number of fused-ring (bicyclic) bond motifs is 1. The molecule has 0 atom stereocenters. The Labute approximate surface area is 138 Å². The van der Waals surface area contributed by atoms with Gasteiger partial charge in [-0.1, -0.05) is 0 Å². The topological polar surface area (TPSA) is 65.2 Å². The molecule has 3 rings (SSSR count). The summed E-state index contributed by atoms with van der Waals surface area (Å²) in [5, 5.41) is 8.99. The maximum Gasteiger partial charge on any atom is 0.144 e. The summed E-state index contributed by atoms with van der Waals surface area (Å²) in [6.45, 7) is 9.29. The minimum atomic E-state index is 0.265. The van der Waals surface area contributed by atoms with Crippen LogP contribution in [0.2, 0.25) is 0 Å². The highest BCUT2D eigenvalue weighted by Gasteiger charge is 2.19. The molecule has 0 radical (unpaired) electrons. The molecule has 128 valence electrons. The lowest BCUT2D eigenvalue weighted by Crippen LogP contribution is -2.47. The van der Waals surface area contributed by atoms with Gasteiger partial charge in [-0.05, 0) is 25.1 Å². The summed E-state index contributed by atoms with van der Waals surface area (Å²) in [6, 6.07) is 5.93. The molecular formula is C17H28N4O2. The van der Waals surface area contributed by atoms with Gasteiger partial charge in [-0.2, -0.15) is 0 Å². The second-order valence-corrected chi connectivity index (χ2v) is 6.32. The second-order valence-electron chi connectivity index (χ2n) is 6.32. The molecule has 0 aliphatic carbocycles. The van der Waals surface area contributed by atoms with Gasteiger partial charge in [0.05, 0.1) is 18.8 Å². The summed E-state index contributed by atoms with van der Waals surface area (Å²) in [5.41, 5.74) is 7.75. The van der Waals surface area contributed by atoms with Crippen molar-refractivity contribution in [3.63, 3.8) is 0 Å². The summed E-state index contributed by atoms with van der Waals surface area (Å²) < 4.78 is 5.71. The van der Waals surface area contributed by atoms with Gasteiger partial charge in [-0.15, -0.1) is 0 Å². The molecule has 6 heteroatoms. The van der Waals surface area contributed by atoms with Crippen molar-refractivity contribution in [2.24, 2.45) is 0 Å². The first-order valence-corrected chi connectivity index (χ1v) is 8.59. The first-order valence-electron chi connectivity index (χ1n) is 8.59. The highest BCUT2D eigenvalue weighted by atomic mass is 16.5. The van der Waals surface area contributed by atoms with Crippen molar-refractivity contribution in [3.8, 4) is 5.75 Å². The number of nitrogens with zero attached hydrogens (tertiary/aromatic N) is 3. The maximum atomic E-state index is 8.99. The van der Waals surface area contributed by atoms with E-state index in [9.17, 15) is 0 Å². The number of nitrogens with two attached hydrogens (primary N) is 1. The lowest BCUT2D eigenvalue weighted by Gasteiger charge is -2.35. The molecule has 1 aromatic carbocycles. The highest BCUT2D eigenvalue weighted by Crippen LogP contribution is 2.33. The molecule has 0 saturated carbocycles. The van der Waals surface area contributed by atoms with E-state index in [4.69, 9.17) is 15.6 Å². The van der Waals surface area contributed by atoms with Gasteiger partial charge in [0.1, 0.15) is 12.4 Å². The van der Waals surface area contributed by atoms with E-state index in [1.54, 1.807) is 0 Å². The predicted molar refractivity (Wildman–Crippen MR) is 93.1 cm³/mol. The van der Waals surface area contributed by atoms with E-state index in [1.807, 2.05) is 12.1 Å². The van der Waals surface area contributed by atoms with Crippen molar-refractivity contribution in [3.05, 3.63) is 18.2 Å². The van der Waals surface area contributed by atoms with Crippen LogP contribution < -0.4 is 15.4 Å². The maximum absolute atomic E-state index is 8.99. The number of aliphatic hydroxyl groups is 1. The van der Waals surface area contributed by atoms with E-state index in [1.165, 1.54) is 5.69 Å². The Bertz CT molecular complexity index is 503. The molecule has 3 N–H and O–H groups in total. The zero-order chi connectivity index (χ0) is 16.1. The first-order chi connectivity index (χ1) is 11.3. The van der Waals surface area contributed by atoms with E-state index in [0.29, 0.717) is 0 Å². The standard InChI is InChI=1S/C17H28N4O2/c18-15-2-3-16-17(14-15)23-13-11-21(16)5-1-4-19-6-8-20(9-7-19)10-12-22/h2-3,14,22H,1,4-13,18H2. The van der Waals surface area contributed by atoms with Crippen LogP contribution in [-0.4, -0.2) is 80.5 Å². The Morgan fingerprint density at radius 3 is 2.48 bits per heavy atom. The van der Waals surface area contributed by atoms with Crippen molar-refractivity contribution in [2.45, 2.75) is 6.42 Å². The fourth-order valence-corrected chi connectivity index (χ4v) is 3.39. The molecule has 0 amide bonds. The number of β-amino-alcohol motifs (C(OH)–C–C–N with tert-alkyl or cyclic N) is 1. The van der Waals surface area contributed by atoms with E-state index in [-0.39, 0.29) is 6.61 Å². The normalized spacial score (nSPS) is 19.4. The van der Waals surface area contributed by atoms with Crippen LogP contribution in [0.25, 0.3) is 0 Å². The van der Waals surface area contributed by atoms with Gasteiger partial charge in [-0.3, -0.25) is 4.90 Å². The molecule has 1 aromatic rings. The lowest BCUT2D eigenvalue weighted by atomic mass is 10.2. The number of benzene rings is 1. The SMILES string of the molecule is Nc1ccc2c(c1)OCCN2CCCN1CCN(CCO)CC1. The van der Waals surface area contributed by atoms with Gasteiger partial charge < -0.3 is 25.4 Å². The van der Waals surface area contributed by atoms with Gasteiger partial charge in [0, 0.05) is 51.0 Å². The van der Waals surface area contributed by atoms with Crippen LogP contribution in [0.1, 0.15) is 6.42 Å². The van der Waals surface area contributed by atoms with Crippen molar-refractivity contribution in [1.82, 2.24) is 9.80 Å². The third kappa shape index (κ3) is 4.28. The van der Waals surface area contributed by atoms with E-state index in [2.05, 4.69) is 20.8 Å². The fraction of sp³-hybridized carbons (Fsp3) is 0.647. The van der Waals surface area contributed by atoms with Gasteiger partial charge in [0.25, 0.3) is 0 Å². The number of piperazine rings is 1. The molecule has 23 heavy (non-hydrogen) atoms. The predicted octanol–water partition coefficient (Wildman–Crippen LogP) is 0.468. The fourth-order valence-electron chi connectivity index (χ4n) is 3.39. The van der Waals surface area contributed by atoms with Crippen LogP contribution in [-0.2, 0) is 0 Å². The van der Waals surface area contributed by atoms with E-state index < -0.39 is 0 Å². The summed E-state index contributed by atoms with van der Waals surface area (Å²) in [6.07, 6.45) is 1.16.